The van der Waals surface area contributed by atoms with Crippen molar-refractivity contribution >= 4 is 17.7 Å². The molecule has 1 aliphatic rings. The molecule has 0 amide bonds. The van der Waals surface area contributed by atoms with Crippen LogP contribution >= 0.6 is 11.6 Å². The van der Waals surface area contributed by atoms with Gasteiger partial charge in [-0.3, -0.25) is 4.68 Å². The fraction of sp³-hybridized carbons (Fsp3) is 0.615. The van der Waals surface area contributed by atoms with Crippen LogP contribution in [0.3, 0.4) is 0 Å². The molecule has 17 heavy (non-hydrogen) atoms. The summed E-state index contributed by atoms with van der Waals surface area (Å²) < 4.78 is 2.01. The van der Waals surface area contributed by atoms with Crippen LogP contribution in [0.1, 0.15) is 38.1 Å². The van der Waals surface area contributed by atoms with Gasteiger partial charge >= 0.3 is 0 Å². The van der Waals surface area contributed by atoms with E-state index in [2.05, 4.69) is 30.3 Å². The maximum absolute atomic E-state index is 6.38. The fourth-order valence-corrected chi connectivity index (χ4v) is 2.52. The molecule has 3 nitrogen and oxygen atoms in total. The van der Waals surface area contributed by atoms with Gasteiger partial charge in [-0.05, 0) is 45.4 Å². The van der Waals surface area contributed by atoms with Crippen molar-refractivity contribution in [1.29, 1.82) is 0 Å². The van der Waals surface area contributed by atoms with Crippen LogP contribution in [-0.2, 0) is 13.0 Å². The summed E-state index contributed by atoms with van der Waals surface area (Å²) in [5.41, 5.74) is 3.57. The predicted molar refractivity (Wildman–Crippen MR) is 72.4 cm³/mol. The average molecular weight is 254 g/mol. The third-order valence-electron chi connectivity index (χ3n) is 3.22. The van der Waals surface area contributed by atoms with Crippen molar-refractivity contribution in [3.05, 3.63) is 22.0 Å². The summed E-state index contributed by atoms with van der Waals surface area (Å²) in [6, 6.07) is 0. The molecule has 0 bridgehead atoms. The van der Waals surface area contributed by atoms with Gasteiger partial charge < -0.3 is 5.32 Å². The van der Waals surface area contributed by atoms with Gasteiger partial charge in [0, 0.05) is 6.54 Å². The molecule has 1 saturated heterocycles. The Labute approximate surface area is 108 Å². The summed E-state index contributed by atoms with van der Waals surface area (Å²) in [6.45, 7) is 7.22. The van der Waals surface area contributed by atoms with Crippen LogP contribution in [0.4, 0.5) is 0 Å². The van der Waals surface area contributed by atoms with Gasteiger partial charge in [-0.1, -0.05) is 24.1 Å². The molecule has 1 N–H and O–H groups in total. The average Bonchev–Trinajstić information content (AvgIpc) is 2.68. The zero-order chi connectivity index (χ0) is 12.3. The molecule has 94 valence electrons. The maximum Gasteiger partial charge on any atom is 0.0891 e. The molecule has 0 atom stereocenters. The standard InChI is InChI=1S/C13H20ClN3/c1-3-11-13(14)12(17(4-2)16-11)9-10-5-7-15-8-6-10/h9,15H,3-8H2,1-2H3. The number of aromatic nitrogens is 2. The summed E-state index contributed by atoms with van der Waals surface area (Å²) in [5.74, 6) is 0. The van der Waals surface area contributed by atoms with Crippen LogP contribution in [0, 0.1) is 0 Å². The van der Waals surface area contributed by atoms with Crippen LogP contribution in [0.5, 0.6) is 0 Å². The first-order valence-electron chi connectivity index (χ1n) is 6.41. The molecule has 2 heterocycles. The van der Waals surface area contributed by atoms with E-state index in [0.29, 0.717) is 0 Å². The lowest BCUT2D eigenvalue weighted by Crippen LogP contribution is -2.23. The first-order chi connectivity index (χ1) is 8.26. The normalized spacial score (nSPS) is 16.3. The van der Waals surface area contributed by atoms with Crippen LogP contribution < -0.4 is 5.32 Å². The van der Waals surface area contributed by atoms with Crippen molar-refractivity contribution in [2.75, 3.05) is 13.1 Å². The summed E-state index contributed by atoms with van der Waals surface area (Å²) in [4.78, 5) is 0. The van der Waals surface area contributed by atoms with Gasteiger partial charge in [-0.25, -0.2) is 0 Å². The van der Waals surface area contributed by atoms with Crippen molar-refractivity contribution in [1.82, 2.24) is 15.1 Å². The molecule has 0 aromatic carbocycles. The summed E-state index contributed by atoms with van der Waals surface area (Å²) >= 11 is 6.38. The number of nitrogens with zero attached hydrogens (tertiary/aromatic N) is 2. The molecule has 4 heteroatoms. The number of aryl methyl sites for hydroxylation is 2. The van der Waals surface area contributed by atoms with Crippen LogP contribution in [0.2, 0.25) is 5.02 Å². The highest BCUT2D eigenvalue weighted by Crippen LogP contribution is 2.25. The van der Waals surface area contributed by atoms with Crippen molar-refractivity contribution in [2.45, 2.75) is 39.7 Å². The fourth-order valence-electron chi connectivity index (χ4n) is 2.20. The Hall–Kier alpha value is -0.800. The third-order valence-corrected chi connectivity index (χ3v) is 3.63. The largest absolute Gasteiger partial charge is 0.316 e. The molecular weight excluding hydrogens is 234 g/mol. The lowest BCUT2D eigenvalue weighted by Gasteiger charge is -2.15. The number of piperidine rings is 1. The van der Waals surface area contributed by atoms with E-state index in [9.17, 15) is 0 Å². The Balaban J connectivity index is 2.32. The smallest absolute Gasteiger partial charge is 0.0891 e. The molecule has 0 saturated carbocycles. The molecule has 1 aliphatic heterocycles. The molecule has 2 rings (SSSR count). The number of nitrogens with one attached hydrogen (secondary N) is 1. The second kappa shape index (κ2) is 5.69. The maximum atomic E-state index is 6.38. The zero-order valence-corrected chi connectivity index (χ0v) is 11.3. The molecule has 0 spiro atoms. The highest BCUT2D eigenvalue weighted by Gasteiger charge is 2.14. The minimum Gasteiger partial charge on any atom is -0.316 e. The van der Waals surface area contributed by atoms with Gasteiger partial charge in [0.2, 0.25) is 0 Å². The summed E-state index contributed by atoms with van der Waals surface area (Å²) in [5, 5.41) is 8.73. The van der Waals surface area contributed by atoms with Gasteiger partial charge in [-0.15, -0.1) is 0 Å². The van der Waals surface area contributed by atoms with Crippen molar-refractivity contribution in [3.63, 3.8) is 0 Å². The van der Waals surface area contributed by atoms with E-state index < -0.39 is 0 Å². The monoisotopic (exact) mass is 253 g/mol. The highest BCUT2D eigenvalue weighted by atomic mass is 35.5. The Morgan fingerprint density at radius 1 is 1.35 bits per heavy atom. The number of halogens is 1. The SMILES string of the molecule is CCc1nn(CC)c(C=C2CCNCC2)c1Cl. The first-order valence-corrected chi connectivity index (χ1v) is 6.79. The third kappa shape index (κ3) is 2.72. The molecule has 1 aromatic heterocycles. The molecule has 1 aromatic rings. The van der Waals surface area contributed by atoms with Gasteiger partial charge in [-0.2, -0.15) is 5.10 Å². The predicted octanol–water partition coefficient (Wildman–Crippen LogP) is 2.89. The Morgan fingerprint density at radius 2 is 2.06 bits per heavy atom. The van der Waals surface area contributed by atoms with Gasteiger partial charge in [0.1, 0.15) is 0 Å². The second-order valence-corrected chi connectivity index (χ2v) is 4.75. The van der Waals surface area contributed by atoms with Crippen LogP contribution in [0.15, 0.2) is 5.57 Å². The first kappa shape index (κ1) is 12.7. The Bertz CT molecular complexity index is 413. The number of hydrogen-bond acceptors (Lipinski definition) is 2. The molecular formula is C13H20ClN3. The summed E-state index contributed by atoms with van der Waals surface area (Å²) in [6.07, 6.45) is 5.36. The van der Waals surface area contributed by atoms with Gasteiger partial charge in [0.25, 0.3) is 0 Å². The Morgan fingerprint density at radius 3 is 2.65 bits per heavy atom. The molecule has 0 aliphatic carbocycles. The van der Waals surface area contributed by atoms with E-state index in [1.807, 2.05) is 4.68 Å². The highest BCUT2D eigenvalue weighted by molar-refractivity contribution is 6.32. The lowest BCUT2D eigenvalue weighted by atomic mass is 10.0. The zero-order valence-electron chi connectivity index (χ0n) is 10.6. The van der Waals surface area contributed by atoms with Crippen LogP contribution in [-0.4, -0.2) is 22.9 Å². The van der Waals surface area contributed by atoms with E-state index >= 15 is 0 Å². The Kier molecular flexibility index (Phi) is 4.24. The van der Waals surface area contributed by atoms with E-state index in [0.717, 1.165) is 55.3 Å². The number of rotatable bonds is 3. The lowest BCUT2D eigenvalue weighted by molar-refractivity contribution is 0.610. The topological polar surface area (TPSA) is 29.9 Å². The van der Waals surface area contributed by atoms with Gasteiger partial charge in [0.15, 0.2) is 0 Å². The van der Waals surface area contributed by atoms with E-state index in [4.69, 9.17) is 11.6 Å². The van der Waals surface area contributed by atoms with Crippen LogP contribution in [0.25, 0.3) is 6.08 Å². The van der Waals surface area contributed by atoms with Gasteiger partial charge in [0.05, 0.1) is 16.4 Å². The van der Waals surface area contributed by atoms with Crippen molar-refractivity contribution in [3.8, 4) is 0 Å². The molecule has 0 radical (unpaired) electrons. The van der Waals surface area contributed by atoms with Crippen molar-refractivity contribution in [2.24, 2.45) is 0 Å². The van der Waals surface area contributed by atoms with Crippen molar-refractivity contribution < 1.29 is 0 Å². The quantitative estimate of drug-likeness (QED) is 0.898. The van der Waals surface area contributed by atoms with E-state index in [1.54, 1.807) is 0 Å². The minimum atomic E-state index is 0.834. The minimum absolute atomic E-state index is 0.834. The number of hydrogen-bond donors (Lipinski definition) is 1. The second-order valence-electron chi connectivity index (χ2n) is 4.37. The molecule has 1 fully saturated rings. The van der Waals surface area contributed by atoms with E-state index in [1.165, 1.54) is 5.57 Å². The van der Waals surface area contributed by atoms with E-state index in [-0.39, 0.29) is 0 Å². The summed E-state index contributed by atoms with van der Waals surface area (Å²) in [7, 11) is 0. The molecule has 0 unspecified atom stereocenters.